The lowest BCUT2D eigenvalue weighted by Gasteiger charge is -2.28. The van der Waals surface area contributed by atoms with Gasteiger partial charge >= 0.3 is 0 Å². The van der Waals surface area contributed by atoms with Crippen molar-refractivity contribution < 1.29 is 5.11 Å². The number of hydrogen-bond acceptors (Lipinski definition) is 2. The minimum Gasteiger partial charge on any atom is -0.384 e. The highest BCUT2D eigenvalue weighted by atomic mass is 16.3. The Labute approximate surface area is 91.1 Å². The van der Waals surface area contributed by atoms with Crippen molar-refractivity contribution in [3.8, 4) is 0 Å². The van der Waals surface area contributed by atoms with Gasteiger partial charge in [-0.2, -0.15) is 0 Å². The monoisotopic (exact) mass is 205 g/mol. The van der Waals surface area contributed by atoms with Gasteiger partial charge in [0.05, 0.1) is 5.60 Å². The predicted octanol–water partition coefficient (Wildman–Crippen LogP) is 2.12. The Morgan fingerprint density at radius 1 is 1.47 bits per heavy atom. The van der Waals surface area contributed by atoms with Crippen molar-refractivity contribution in [2.45, 2.75) is 37.7 Å². The Morgan fingerprint density at radius 2 is 2.20 bits per heavy atom. The van der Waals surface area contributed by atoms with Gasteiger partial charge in [0.2, 0.25) is 0 Å². The Bertz CT molecular complexity index is 342. The van der Waals surface area contributed by atoms with Crippen LogP contribution in [0.5, 0.6) is 0 Å². The largest absolute Gasteiger partial charge is 0.384 e. The van der Waals surface area contributed by atoms with Crippen LogP contribution in [-0.2, 0) is 5.60 Å². The summed E-state index contributed by atoms with van der Waals surface area (Å²) in [4.78, 5) is 0. The van der Waals surface area contributed by atoms with Gasteiger partial charge in [-0.05, 0) is 36.8 Å². The molecule has 82 valence electrons. The van der Waals surface area contributed by atoms with Crippen molar-refractivity contribution in [3.05, 3.63) is 35.4 Å². The van der Waals surface area contributed by atoms with Crippen LogP contribution in [0.15, 0.2) is 24.3 Å². The molecule has 0 spiro atoms. The molecule has 0 radical (unpaired) electrons. The van der Waals surface area contributed by atoms with Crippen LogP contribution in [0.3, 0.4) is 0 Å². The molecule has 1 aliphatic rings. The van der Waals surface area contributed by atoms with E-state index in [0.717, 1.165) is 5.56 Å². The molecule has 1 aromatic rings. The van der Waals surface area contributed by atoms with Crippen LogP contribution in [0.4, 0.5) is 0 Å². The van der Waals surface area contributed by atoms with Crippen LogP contribution < -0.4 is 5.73 Å². The Hall–Kier alpha value is -0.860. The first-order valence-electron chi connectivity index (χ1n) is 5.66. The van der Waals surface area contributed by atoms with Crippen LogP contribution in [0.1, 0.15) is 43.2 Å². The number of aliphatic hydroxyl groups is 1. The number of hydrogen-bond donors (Lipinski definition) is 2. The van der Waals surface area contributed by atoms with Gasteiger partial charge in [0, 0.05) is 6.54 Å². The quantitative estimate of drug-likeness (QED) is 0.794. The summed E-state index contributed by atoms with van der Waals surface area (Å²) in [5.74, 6) is 0.707. The second kappa shape index (κ2) is 3.95. The van der Waals surface area contributed by atoms with Crippen molar-refractivity contribution in [2.75, 3.05) is 6.54 Å². The normalized spacial score (nSPS) is 20.7. The zero-order valence-electron chi connectivity index (χ0n) is 9.24. The molecule has 0 saturated heterocycles. The van der Waals surface area contributed by atoms with Crippen LogP contribution in [0.2, 0.25) is 0 Å². The smallest absolute Gasteiger partial charge is 0.0990 e. The summed E-state index contributed by atoms with van der Waals surface area (Å²) >= 11 is 0. The van der Waals surface area contributed by atoms with E-state index in [1.54, 1.807) is 6.92 Å². The fourth-order valence-electron chi connectivity index (χ4n) is 1.99. The minimum atomic E-state index is -0.889. The van der Waals surface area contributed by atoms with Gasteiger partial charge in [-0.25, -0.2) is 0 Å². The predicted molar refractivity (Wildman–Crippen MR) is 61.7 cm³/mol. The summed E-state index contributed by atoms with van der Waals surface area (Å²) in [6.07, 6.45) is 3.91. The molecule has 1 aliphatic carbocycles. The lowest BCUT2D eigenvalue weighted by Crippen LogP contribution is -2.31. The highest BCUT2D eigenvalue weighted by Crippen LogP contribution is 2.37. The summed E-state index contributed by atoms with van der Waals surface area (Å²) < 4.78 is 0. The van der Waals surface area contributed by atoms with Gasteiger partial charge in [-0.1, -0.05) is 30.7 Å². The zero-order valence-corrected chi connectivity index (χ0v) is 9.24. The van der Waals surface area contributed by atoms with Gasteiger partial charge in [0.25, 0.3) is 0 Å². The van der Waals surface area contributed by atoms with Crippen molar-refractivity contribution in [3.63, 3.8) is 0 Å². The van der Waals surface area contributed by atoms with Crippen LogP contribution in [-0.4, -0.2) is 11.7 Å². The van der Waals surface area contributed by atoms with E-state index >= 15 is 0 Å². The van der Waals surface area contributed by atoms with E-state index < -0.39 is 5.60 Å². The molecule has 2 nitrogen and oxygen atoms in total. The maximum atomic E-state index is 10.1. The maximum absolute atomic E-state index is 10.1. The van der Waals surface area contributed by atoms with Crippen LogP contribution in [0.25, 0.3) is 0 Å². The molecule has 1 saturated carbocycles. The van der Waals surface area contributed by atoms with E-state index in [0.29, 0.717) is 5.92 Å². The molecule has 2 heteroatoms. The van der Waals surface area contributed by atoms with Gasteiger partial charge < -0.3 is 10.8 Å². The summed E-state index contributed by atoms with van der Waals surface area (Å²) in [5.41, 5.74) is 6.97. The second-order valence-electron chi connectivity index (χ2n) is 4.73. The first-order valence-corrected chi connectivity index (χ1v) is 5.66. The van der Waals surface area contributed by atoms with Crippen molar-refractivity contribution >= 4 is 0 Å². The van der Waals surface area contributed by atoms with Gasteiger partial charge in [-0.15, -0.1) is 0 Å². The molecule has 0 aliphatic heterocycles. The van der Waals surface area contributed by atoms with Crippen LogP contribution >= 0.6 is 0 Å². The molecule has 1 fully saturated rings. The third-order valence-corrected chi connectivity index (χ3v) is 3.48. The minimum absolute atomic E-state index is 0.265. The standard InChI is InChI=1S/C13H19NO/c1-13(15,9-14)12-7-3-6-11(8-12)10-4-2-5-10/h3,6-8,10,15H,2,4-5,9,14H2,1H3. The summed E-state index contributed by atoms with van der Waals surface area (Å²) in [5, 5.41) is 10.1. The van der Waals surface area contributed by atoms with E-state index in [9.17, 15) is 5.11 Å². The second-order valence-corrected chi connectivity index (χ2v) is 4.73. The molecule has 3 N–H and O–H groups in total. The molecule has 1 aromatic carbocycles. The summed E-state index contributed by atoms with van der Waals surface area (Å²) in [6, 6.07) is 8.23. The molecule has 0 heterocycles. The Kier molecular flexibility index (Phi) is 2.81. The van der Waals surface area contributed by atoms with Crippen molar-refractivity contribution in [2.24, 2.45) is 5.73 Å². The van der Waals surface area contributed by atoms with E-state index in [1.807, 2.05) is 12.1 Å². The topological polar surface area (TPSA) is 46.2 Å². The highest BCUT2D eigenvalue weighted by Gasteiger charge is 2.24. The van der Waals surface area contributed by atoms with E-state index in [4.69, 9.17) is 5.73 Å². The van der Waals surface area contributed by atoms with Gasteiger partial charge in [0.15, 0.2) is 0 Å². The van der Waals surface area contributed by atoms with E-state index in [2.05, 4.69) is 12.1 Å². The third-order valence-electron chi connectivity index (χ3n) is 3.48. The fraction of sp³-hybridized carbons (Fsp3) is 0.538. The highest BCUT2D eigenvalue weighted by molar-refractivity contribution is 5.31. The zero-order chi connectivity index (χ0) is 10.9. The fourth-order valence-corrected chi connectivity index (χ4v) is 1.99. The molecular formula is C13H19NO. The molecule has 0 bridgehead atoms. The van der Waals surface area contributed by atoms with Crippen LogP contribution in [0, 0.1) is 0 Å². The Morgan fingerprint density at radius 3 is 2.73 bits per heavy atom. The van der Waals surface area contributed by atoms with E-state index in [-0.39, 0.29) is 6.54 Å². The lowest BCUT2D eigenvalue weighted by atomic mass is 9.79. The Balaban J connectivity index is 2.25. The molecule has 15 heavy (non-hydrogen) atoms. The van der Waals surface area contributed by atoms with Crippen molar-refractivity contribution in [1.29, 1.82) is 0 Å². The molecule has 2 rings (SSSR count). The molecular weight excluding hydrogens is 186 g/mol. The number of rotatable bonds is 3. The molecule has 0 aromatic heterocycles. The SMILES string of the molecule is CC(O)(CN)c1cccc(C2CCC2)c1. The summed E-state index contributed by atoms with van der Waals surface area (Å²) in [7, 11) is 0. The lowest BCUT2D eigenvalue weighted by molar-refractivity contribution is 0.0667. The van der Waals surface area contributed by atoms with E-state index in [1.165, 1.54) is 24.8 Å². The molecule has 1 unspecified atom stereocenters. The molecule has 1 atom stereocenters. The third kappa shape index (κ3) is 2.06. The summed E-state index contributed by atoms with van der Waals surface area (Å²) in [6.45, 7) is 2.04. The average molecular weight is 205 g/mol. The molecule has 0 amide bonds. The van der Waals surface area contributed by atoms with Gasteiger partial charge in [-0.3, -0.25) is 0 Å². The average Bonchev–Trinajstić information content (AvgIpc) is 2.16. The van der Waals surface area contributed by atoms with Crippen molar-refractivity contribution in [1.82, 2.24) is 0 Å². The first-order chi connectivity index (χ1) is 7.13. The maximum Gasteiger partial charge on any atom is 0.0990 e. The number of benzene rings is 1. The van der Waals surface area contributed by atoms with Gasteiger partial charge in [0.1, 0.15) is 0 Å². The first kappa shape index (κ1) is 10.7. The number of nitrogens with two attached hydrogens (primary N) is 1.